The minimum absolute atomic E-state index is 0.216. The zero-order chi connectivity index (χ0) is 12.3. The van der Waals surface area contributed by atoms with Crippen molar-refractivity contribution in [1.29, 1.82) is 0 Å². The van der Waals surface area contributed by atoms with Gasteiger partial charge in [0.1, 0.15) is 5.82 Å². The summed E-state index contributed by atoms with van der Waals surface area (Å²) in [7, 11) is 0. The summed E-state index contributed by atoms with van der Waals surface area (Å²) < 4.78 is 19.1. The Kier molecular flexibility index (Phi) is 3.97. The highest BCUT2D eigenvalue weighted by Gasteiger charge is 2.22. The highest BCUT2D eigenvalue weighted by Crippen LogP contribution is 2.21. The van der Waals surface area contributed by atoms with Crippen molar-refractivity contribution in [3.8, 4) is 0 Å². The first kappa shape index (κ1) is 12.3. The van der Waals surface area contributed by atoms with Crippen LogP contribution >= 0.6 is 0 Å². The Labute approximate surface area is 101 Å². The maximum atomic E-state index is 13.7. The molecule has 3 nitrogen and oxygen atoms in total. The molecule has 1 heterocycles. The van der Waals surface area contributed by atoms with Crippen LogP contribution in [0.2, 0.25) is 0 Å². The van der Waals surface area contributed by atoms with Gasteiger partial charge in [-0.25, -0.2) is 4.39 Å². The molecule has 0 saturated carbocycles. The average molecular weight is 238 g/mol. The molecule has 1 fully saturated rings. The van der Waals surface area contributed by atoms with Gasteiger partial charge in [0, 0.05) is 30.4 Å². The number of nitrogens with zero attached hydrogens (tertiary/aromatic N) is 1. The predicted molar refractivity (Wildman–Crippen MR) is 66.1 cm³/mol. The van der Waals surface area contributed by atoms with E-state index >= 15 is 0 Å². The Morgan fingerprint density at radius 1 is 1.53 bits per heavy atom. The molecular weight excluding hydrogens is 219 g/mol. The van der Waals surface area contributed by atoms with Gasteiger partial charge in [-0.1, -0.05) is 13.0 Å². The Balaban J connectivity index is 2.13. The molecule has 1 saturated heterocycles. The second-order valence-electron chi connectivity index (χ2n) is 4.42. The van der Waals surface area contributed by atoms with Gasteiger partial charge in [-0.05, 0) is 18.6 Å². The van der Waals surface area contributed by atoms with Gasteiger partial charge in [-0.15, -0.1) is 0 Å². The van der Waals surface area contributed by atoms with E-state index in [2.05, 4.69) is 11.8 Å². The summed E-state index contributed by atoms with van der Waals surface area (Å²) in [5.74, 6) is -0.216. The van der Waals surface area contributed by atoms with E-state index in [9.17, 15) is 4.39 Å². The van der Waals surface area contributed by atoms with Gasteiger partial charge in [-0.2, -0.15) is 0 Å². The molecule has 0 aliphatic carbocycles. The van der Waals surface area contributed by atoms with Crippen molar-refractivity contribution < 1.29 is 9.13 Å². The minimum Gasteiger partial charge on any atom is -0.398 e. The van der Waals surface area contributed by atoms with Gasteiger partial charge in [0.15, 0.2) is 0 Å². The number of anilines is 1. The highest BCUT2D eigenvalue weighted by molar-refractivity contribution is 5.47. The SMILES string of the molecule is CCC1COCCN1Cc1c(N)cccc1F. The van der Waals surface area contributed by atoms with Crippen molar-refractivity contribution in [2.24, 2.45) is 0 Å². The number of ether oxygens (including phenoxy) is 1. The molecule has 1 atom stereocenters. The largest absolute Gasteiger partial charge is 0.398 e. The molecule has 1 aliphatic rings. The Hall–Kier alpha value is -1.13. The Morgan fingerprint density at radius 3 is 3.06 bits per heavy atom. The summed E-state index contributed by atoms with van der Waals surface area (Å²) in [5, 5.41) is 0. The molecule has 1 aromatic rings. The third-order valence-corrected chi connectivity index (χ3v) is 3.34. The molecule has 0 spiro atoms. The van der Waals surface area contributed by atoms with E-state index in [0.29, 0.717) is 30.4 Å². The van der Waals surface area contributed by atoms with Crippen LogP contribution in [0.15, 0.2) is 18.2 Å². The number of hydrogen-bond acceptors (Lipinski definition) is 3. The molecule has 1 unspecified atom stereocenters. The number of hydrogen-bond donors (Lipinski definition) is 1. The second kappa shape index (κ2) is 5.47. The van der Waals surface area contributed by atoms with E-state index in [-0.39, 0.29) is 5.82 Å². The van der Waals surface area contributed by atoms with Gasteiger partial charge >= 0.3 is 0 Å². The lowest BCUT2D eigenvalue weighted by atomic mass is 10.1. The summed E-state index contributed by atoms with van der Waals surface area (Å²) in [6.07, 6.45) is 1.01. The summed E-state index contributed by atoms with van der Waals surface area (Å²) in [5.41, 5.74) is 6.97. The lowest BCUT2D eigenvalue weighted by Gasteiger charge is -2.35. The highest BCUT2D eigenvalue weighted by atomic mass is 19.1. The summed E-state index contributed by atoms with van der Waals surface area (Å²) >= 11 is 0. The lowest BCUT2D eigenvalue weighted by molar-refractivity contribution is -0.0130. The van der Waals surface area contributed by atoms with Crippen LogP contribution in [0.5, 0.6) is 0 Å². The molecular formula is C13H19FN2O. The molecule has 94 valence electrons. The van der Waals surface area contributed by atoms with Gasteiger partial charge in [0.2, 0.25) is 0 Å². The van der Waals surface area contributed by atoms with E-state index in [4.69, 9.17) is 10.5 Å². The number of nitrogens with two attached hydrogens (primary N) is 1. The zero-order valence-electron chi connectivity index (χ0n) is 10.2. The number of benzene rings is 1. The van der Waals surface area contributed by atoms with Crippen molar-refractivity contribution in [2.45, 2.75) is 25.9 Å². The van der Waals surface area contributed by atoms with Gasteiger partial charge in [-0.3, -0.25) is 4.90 Å². The van der Waals surface area contributed by atoms with E-state index in [1.165, 1.54) is 6.07 Å². The molecule has 0 amide bonds. The van der Waals surface area contributed by atoms with Gasteiger partial charge in [0.05, 0.1) is 13.2 Å². The summed E-state index contributed by atoms with van der Waals surface area (Å²) in [4.78, 5) is 2.25. The van der Waals surface area contributed by atoms with Gasteiger partial charge < -0.3 is 10.5 Å². The third kappa shape index (κ3) is 2.76. The molecule has 0 radical (unpaired) electrons. The van der Waals surface area contributed by atoms with Crippen molar-refractivity contribution in [3.05, 3.63) is 29.6 Å². The van der Waals surface area contributed by atoms with Crippen LogP contribution in [0, 0.1) is 5.82 Å². The van der Waals surface area contributed by atoms with E-state index in [1.807, 2.05) is 0 Å². The quantitative estimate of drug-likeness (QED) is 0.819. The maximum absolute atomic E-state index is 13.7. The first-order chi connectivity index (χ1) is 8.22. The van der Waals surface area contributed by atoms with E-state index < -0.39 is 0 Å². The Bertz CT molecular complexity index is 363. The maximum Gasteiger partial charge on any atom is 0.129 e. The first-order valence-electron chi connectivity index (χ1n) is 6.07. The summed E-state index contributed by atoms with van der Waals surface area (Å²) in [6, 6.07) is 5.22. The molecule has 17 heavy (non-hydrogen) atoms. The smallest absolute Gasteiger partial charge is 0.129 e. The van der Waals surface area contributed by atoms with Crippen LogP contribution in [0.25, 0.3) is 0 Å². The molecule has 1 aromatic carbocycles. The van der Waals surface area contributed by atoms with Crippen molar-refractivity contribution >= 4 is 5.69 Å². The van der Waals surface area contributed by atoms with Gasteiger partial charge in [0.25, 0.3) is 0 Å². The molecule has 2 rings (SSSR count). The van der Waals surface area contributed by atoms with Crippen LogP contribution < -0.4 is 5.73 Å². The van der Waals surface area contributed by atoms with E-state index in [0.717, 1.165) is 19.6 Å². The number of halogens is 1. The van der Waals surface area contributed by atoms with Crippen molar-refractivity contribution in [2.75, 3.05) is 25.5 Å². The second-order valence-corrected chi connectivity index (χ2v) is 4.42. The topological polar surface area (TPSA) is 38.5 Å². The number of morpholine rings is 1. The molecule has 4 heteroatoms. The first-order valence-corrected chi connectivity index (χ1v) is 6.07. The van der Waals surface area contributed by atoms with Crippen LogP contribution in [-0.4, -0.2) is 30.7 Å². The van der Waals surface area contributed by atoms with Crippen molar-refractivity contribution in [3.63, 3.8) is 0 Å². The standard InChI is InChI=1S/C13H19FN2O/c1-2-10-9-17-7-6-16(10)8-11-12(14)4-3-5-13(11)15/h3-5,10H,2,6-9,15H2,1H3. The fraction of sp³-hybridized carbons (Fsp3) is 0.538. The van der Waals surface area contributed by atoms with Crippen LogP contribution in [0.3, 0.4) is 0 Å². The third-order valence-electron chi connectivity index (χ3n) is 3.34. The van der Waals surface area contributed by atoms with Crippen LogP contribution in [0.1, 0.15) is 18.9 Å². The zero-order valence-corrected chi connectivity index (χ0v) is 10.2. The Morgan fingerprint density at radius 2 is 2.35 bits per heavy atom. The average Bonchev–Trinajstić information content (AvgIpc) is 2.34. The fourth-order valence-corrected chi connectivity index (χ4v) is 2.22. The minimum atomic E-state index is -0.216. The molecule has 0 bridgehead atoms. The number of rotatable bonds is 3. The predicted octanol–water partition coefficient (Wildman–Crippen LogP) is 2.02. The fourth-order valence-electron chi connectivity index (χ4n) is 2.22. The summed E-state index contributed by atoms with van der Waals surface area (Å²) in [6.45, 7) is 4.97. The van der Waals surface area contributed by atoms with Crippen LogP contribution in [-0.2, 0) is 11.3 Å². The monoisotopic (exact) mass is 238 g/mol. The lowest BCUT2D eigenvalue weighted by Crippen LogP contribution is -2.44. The molecule has 2 N–H and O–H groups in total. The molecule has 1 aliphatic heterocycles. The van der Waals surface area contributed by atoms with Crippen molar-refractivity contribution in [1.82, 2.24) is 4.90 Å². The molecule has 0 aromatic heterocycles. The number of nitrogen functional groups attached to an aromatic ring is 1. The van der Waals surface area contributed by atoms with E-state index in [1.54, 1.807) is 12.1 Å². The van der Waals surface area contributed by atoms with Crippen LogP contribution in [0.4, 0.5) is 10.1 Å². The normalized spacial score (nSPS) is 21.6.